The van der Waals surface area contributed by atoms with Crippen LogP contribution in [0.4, 0.5) is 0 Å². The molecule has 0 aromatic heterocycles. The van der Waals surface area contributed by atoms with E-state index in [9.17, 15) is 4.57 Å². The van der Waals surface area contributed by atoms with Gasteiger partial charge < -0.3 is 4.52 Å². The maximum atomic E-state index is 12.9. The van der Waals surface area contributed by atoms with Crippen LogP contribution in [0.15, 0.2) is 72.6 Å². The van der Waals surface area contributed by atoms with E-state index in [0.29, 0.717) is 6.61 Å². The van der Waals surface area contributed by atoms with Gasteiger partial charge in [0, 0.05) is 11.1 Å². The molecule has 2 aromatic carbocycles. The molecule has 2 nitrogen and oxygen atoms in total. The highest BCUT2D eigenvalue weighted by Gasteiger charge is 2.21. The minimum atomic E-state index is -2.89. The van der Waals surface area contributed by atoms with Crippen molar-refractivity contribution in [3.8, 4) is 0 Å². The van der Waals surface area contributed by atoms with Crippen LogP contribution in [0.3, 0.4) is 0 Å². The molecule has 3 heteroatoms. The number of hydrogen-bond donors (Lipinski definition) is 0. The van der Waals surface area contributed by atoms with Crippen LogP contribution >= 0.6 is 7.37 Å². The van der Waals surface area contributed by atoms with Gasteiger partial charge in [0.25, 0.3) is 7.37 Å². The van der Waals surface area contributed by atoms with Crippen LogP contribution in [-0.2, 0) is 15.5 Å². The first-order chi connectivity index (χ1) is 9.74. The molecule has 0 saturated heterocycles. The second kappa shape index (κ2) is 7.23. The lowest BCUT2D eigenvalue weighted by molar-refractivity contribution is 0.347. The van der Waals surface area contributed by atoms with Gasteiger partial charge in [0.1, 0.15) is 0 Å². The number of allylic oxidation sites excluding steroid dienone is 1. The smallest absolute Gasteiger partial charge is 0.253 e. The molecule has 1 unspecified atom stereocenters. The Balaban J connectivity index is 2.15. The molecule has 0 aliphatic carbocycles. The molecule has 2 rings (SSSR count). The molecule has 0 heterocycles. The summed E-state index contributed by atoms with van der Waals surface area (Å²) in [5.74, 6) is 1.72. The van der Waals surface area contributed by atoms with E-state index >= 15 is 0 Å². The van der Waals surface area contributed by atoms with Gasteiger partial charge in [0.05, 0.1) is 6.61 Å². The van der Waals surface area contributed by atoms with Gasteiger partial charge in [0.2, 0.25) is 0 Å². The first-order valence-corrected chi connectivity index (χ1v) is 8.45. The summed E-state index contributed by atoms with van der Waals surface area (Å²) in [6.07, 6.45) is 2.68. The number of hydrogen-bond acceptors (Lipinski definition) is 2. The highest BCUT2D eigenvalue weighted by Crippen LogP contribution is 2.47. The fourth-order valence-corrected chi connectivity index (χ4v) is 3.73. The van der Waals surface area contributed by atoms with Gasteiger partial charge >= 0.3 is 0 Å². The van der Waals surface area contributed by atoms with Crippen molar-refractivity contribution in [1.82, 2.24) is 0 Å². The summed E-state index contributed by atoms with van der Waals surface area (Å²) in [4.78, 5) is 0. The summed E-state index contributed by atoms with van der Waals surface area (Å²) >= 11 is 0. The van der Waals surface area contributed by atoms with E-state index in [-0.39, 0.29) is 0 Å². The Kier molecular flexibility index (Phi) is 5.34. The molecule has 0 saturated carbocycles. The van der Waals surface area contributed by atoms with Crippen molar-refractivity contribution in [2.75, 3.05) is 6.61 Å². The molecule has 2 aromatic rings. The largest absolute Gasteiger partial charge is 0.323 e. The Hall–Kier alpha value is -1.63. The number of rotatable bonds is 6. The Morgan fingerprint density at radius 2 is 1.60 bits per heavy atom. The summed E-state index contributed by atoms with van der Waals surface area (Å²) in [5.41, 5.74) is 1.19. The molecule has 0 aliphatic heterocycles. The molecule has 0 radical (unpaired) electrons. The molecule has 0 bridgehead atoms. The van der Waals surface area contributed by atoms with Crippen LogP contribution in [0.25, 0.3) is 0 Å². The maximum Gasteiger partial charge on any atom is 0.253 e. The average Bonchev–Trinajstić information content (AvgIpc) is 2.49. The third kappa shape index (κ3) is 3.93. The van der Waals surface area contributed by atoms with Crippen LogP contribution in [0.2, 0.25) is 0 Å². The summed E-state index contributed by atoms with van der Waals surface area (Å²) in [7, 11) is -2.89. The van der Waals surface area contributed by atoms with E-state index in [2.05, 4.69) is 12.1 Å². The third-order valence-electron chi connectivity index (χ3n) is 2.94. The predicted molar refractivity (Wildman–Crippen MR) is 84.6 cm³/mol. The monoisotopic (exact) mass is 286 g/mol. The summed E-state index contributed by atoms with van der Waals surface area (Å²) in [5, 5.41) is 0.742. The van der Waals surface area contributed by atoms with Crippen molar-refractivity contribution in [2.45, 2.75) is 13.3 Å². The molecule has 0 spiro atoms. The van der Waals surface area contributed by atoms with Gasteiger partial charge in [-0.15, -0.1) is 0 Å². The highest BCUT2D eigenvalue weighted by molar-refractivity contribution is 7.70. The second-order valence-electron chi connectivity index (χ2n) is 4.42. The van der Waals surface area contributed by atoms with Crippen molar-refractivity contribution in [1.29, 1.82) is 0 Å². The quantitative estimate of drug-likeness (QED) is 0.736. The van der Waals surface area contributed by atoms with Crippen LogP contribution in [0.5, 0.6) is 0 Å². The minimum Gasteiger partial charge on any atom is -0.323 e. The third-order valence-corrected chi connectivity index (χ3v) is 5.20. The topological polar surface area (TPSA) is 26.3 Å². The lowest BCUT2D eigenvalue weighted by Crippen LogP contribution is -2.05. The lowest BCUT2D eigenvalue weighted by atomic mass is 10.2. The predicted octanol–water partition coefficient (Wildman–Crippen LogP) is 4.38. The Morgan fingerprint density at radius 3 is 2.20 bits per heavy atom. The van der Waals surface area contributed by atoms with Crippen molar-refractivity contribution in [3.05, 3.63) is 78.1 Å². The van der Waals surface area contributed by atoms with Gasteiger partial charge in [-0.05, 0) is 31.0 Å². The molecule has 0 amide bonds. The Labute approximate surface area is 120 Å². The molecular weight excluding hydrogens is 267 g/mol. The van der Waals surface area contributed by atoms with Gasteiger partial charge in [-0.2, -0.15) is 0 Å². The standard InChI is InChI=1S/C17H19O2P/c1-2-19-20(18,17-13-7-4-8-14-17)15-9-12-16-10-5-3-6-11-16/h3-11,13-15H,2,12H2,1H3/b15-9+. The fourth-order valence-electron chi connectivity index (χ4n) is 1.97. The second-order valence-corrected chi connectivity index (χ2v) is 6.69. The van der Waals surface area contributed by atoms with E-state index in [1.165, 1.54) is 5.56 Å². The minimum absolute atomic E-state index is 0.432. The van der Waals surface area contributed by atoms with E-state index < -0.39 is 7.37 Å². The zero-order valence-corrected chi connectivity index (χ0v) is 12.5. The van der Waals surface area contributed by atoms with E-state index in [0.717, 1.165) is 11.7 Å². The first-order valence-electron chi connectivity index (χ1n) is 6.76. The van der Waals surface area contributed by atoms with E-state index in [1.807, 2.05) is 61.5 Å². The first kappa shape index (κ1) is 14.8. The van der Waals surface area contributed by atoms with Crippen molar-refractivity contribution in [3.63, 3.8) is 0 Å². The lowest BCUT2D eigenvalue weighted by Gasteiger charge is -2.14. The average molecular weight is 286 g/mol. The van der Waals surface area contributed by atoms with Gasteiger partial charge in [-0.1, -0.05) is 54.6 Å². The van der Waals surface area contributed by atoms with E-state index in [4.69, 9.17) is 4.52 Å². The molecular formula is C17H19O2P. The molecule has 0 aliphatic rings. The fraction of sp³-hybridized carbons (Fsp3) is 0.176. The normalized spacial score (nSPS) is 14.2. The number of benzene rings is 2. The molecule has 20 heavy (non-hydrogen) atoms. The van der Waals surface area contributed by atoms with Crippen molar-refractivity contribution >= 4 is 12.7 Å². The SMILES string of the molecule is CCOP(=O)(/C=C/Cc1ccccc1)c1ccccc1. The maximum absolute atomic E-state index is 12.9. The van der Waals surface area contributed by atoms with Crippen LogP contribution in [-0.4, -0.2) is 6.61 Å². The van der Waals surface area contributed by atoms with Crippen molar-refractivity contribution in [2.24, 2.45) is 0 Å². The highest BCUT2D eigenvalue weighted by atomic mass is 31.2. The molecule has 104 valence electrons. The zero-order chi connectivity index (χ0) is 14.3. The zero-order valence-electron chi connectivity index (χ0n) is 11.6. The molecule has 0 N–H and O–H groups in total. The van der Waals surface area contributed by atoms with E-state index in [1.54, 1.807) is 5.82 Å². The van der Waals surface area contributed by atoms with Crippen LogP contribution in [0, 0.1) is 0 Å². The van der Waals surface area contributed by atoms with Gasteiger partial charge in [-0.3, -0.25) is 4.57 Å². The summed E-state index contributed by atoms with van der Waals surface area (Å²) < 4.78 is 18.4. The summed E-state index contributed by atoms with van der Waals surface area (Å²) in [6, 6.07) is 19.5. The van der Waals surface area contributed by atoms with Crippen LogP contribution in [0.1, 0.15) is 12.5 Å². The molecule has 1 atom stereocenters. The molecule has 0 fully saturated rings. The van der Waals surface area contributed by atoms with Crippen LogP contribution < -0.4 is 5.30 Å². The Bertz CT molecular complexity index is 591. The Morgan fingerprint density at radius 1 is 1.00 bits per heavy atom. The summed E-state index contributed by atoms with van der Waals surface area (Å²) in [6.45, 7) is 2.29. The van der Waals surface area contributed by atoms with Gasteiger partial charge in [-0.25, -0.2) is 0 Å². The van der Waals surface area contributed by atoms with Gasteiger partial charge in [0.15, 0.2) is 0 Å². The van der Waals surface area contributed by atoms with Crippen molar-refractivity contribution < 1.29 is 9.09 Å².